The maximum Gasteiger partial charge on any atom is 0.336 e. The Hall–Kier alpha value is -4.07. The lowest BCUT2D eigenvalue weighted by Gasteiger charge is -2.13. The van der Waals surface area contributed by atoms with Crippen LogP contribution >= 0.6 is 0 Å². The Balaban J connectivity index is 1.83. The van der Waals surface area contributed by atoms with Crippen LogP contribution in [0.15, 0.2) is 70.3 Å². The quantitative estimate of drug-likeness (QED) is 0.539. The van der Waals surface area contributed by atoms with E-state index < -0.39 is 17.2 Å². The molecule has 1 N–H and O–H groups in total. The molecular formula is C23H22N4O4. The summed E-state index contributed by atoms with van der Waals surface area (Å²) in [6.45, 7) is 1.60. The third-order valence-electron chi connectivity index (χ3n) is 5.24. The highest BCUT2D eigenvalue weighted by Gasteiger charge is 2.20. The number of hydrogen-bond donors (Lipinski definition) is 1. The molecule has 0 saturated heterocycles. The predicted octanol–water partition coefficient (Wildman–Crippen LogP) is 2.45. The number of amides is 1. The van der Waals surface area contributed by atoms with Crippen molar-refractivity contribution in [1.82, 2.24) is 13.7 Å². The van der Waals surface area contributed by atoms with Crippen LogP contribution in [0.1, 0.15) is 5.69 Å². The molecule has 0 bridgehead atoms. The van der Waals surface area contributed by atoms with Crippen LogP contribution in [0.25, 0.3) is 16.7 Å². The van der Waals surface area contributed by atoms with Crippen molar-refractivity contribution in [2.75, 3.05) is 12.4 Å². The molecule has 0 spiro atoms. The van der Waals surface area contributed by atoms with Gasteiger partial charge in [0.1, 0.15) is 17.8 Å². The highest BCUT2D eigenvalue weighted by Crippen LogP contribution is 2.18. The topological polar surface area (TPSA) is 87.3 Å². The van der Waals surface area contributed by atoms with Crippen LogP contribution < -0.4 is 21.3 Å². The Bertz CT molecular complexity index is 1400. The zero-order valence-corrected chi connectivity index (χ0v) is 17.5. The maximum absolute atomic E-state index is 13.3. The fraction of sp³-hybridized carbons (Fsp3) is 0.174. The van der Waals surface area contributed by atoms with Gasteiger partial charge < -0.3 is 14.6 Å². The molecule has 2 aromatic carbocycles. The van der Waals surface area contributed by atoms with Gasteiger partial charge in [-0.1, -0.05) is 24.3 Å². The smallest absolute Gasteiger partial charge is 0.336 e. The van der Waals surface area contributed by atoms with Crippen molar-refractivity contribution in [3.63, 3.8) is 0 Å². The van der Waals surface area contributed by atoms with Gasteiger partial charge in [0.25, 0.3) is 5.56 Å². The number of para-hydroxylation sites is 1. The summed E-state index contributed by atoms with van der Waals surface area (Å²) in [5.74, 6) is 0.213. The summed E-state index contributed by atoms with van der Waals surface area (Å²) < 4.78 is 9.33. The summed E-state index contributed by atoms with van der Waals surface area (Å²) >= 11 is 0. The van der Waals surface area contributed by atoms with Crippen LogP contribution in [0.3, 0.4) is 0 Å². The Morgan fingerprint density at radius 3 is 2.48 bits per heavy atom. The third-order valence-corrected chi connectivity index (χ3v) is 5.24. The Labute approximate surface area is 177 Å². The van der Waals surface area contributed by atoms with E-state index in [-0.39, 0.29) is 6.54 Å². The monoisotopic (exact) mass is 418 g/mol. The van der Waals surface area contributed by atoms with Gasteiger partial charge in [-0.05, 0) is 37.3 Å². The Morgan fingerprint density at radius 2 is 1.77 bits per heavy atom. The third kappa shape index (κ3) is 3.63. The van der Waals surface area contributed by atoms with Crippen molar-refractivity contribution in [2.24, 2.45) is 7.05 Å². The molecule has 0 fully saturated rings. The first-order valence-electron chi connectivity index (χ1n) is 9.72. The molecule has 0 radical (unpaired) electrons. The van der Waals surface area contributed by atoms with Gasteiger partial charge in [0.15, 0.2) is 0 Å². The number of carbonyl (C=O) groups excluding carboxylic acids is 1. The molecule has 158 valence electrons. The molecule has 0 aliphatic heterocycles. The molecule has 2 heterocycles. The first-order chi connectivity index (χ1) is 14.9. The molecule has 4 rings (SSSR count). The summed E-state index contributed by atoms with van der Waals surface area (Å²) in [5.41, 5.74) is 1.58. The lowest BCUT2D eigenvalue weighted by Crippen LogP contribution is -2.41. The number of nitrogens with zero attached hydrogens (tertiary/aromatic N) is 3. The summed E-state index contributed by atoms with van der Waals surface area (Å²) in [7, 11) is 3.31. The van der Waals surface area contributed by atoms with Gasteiger partial charge in [0.2, 0.25) is 5.91 Å². The summed E-state index contributed by atoms with van der Waals surface area (Å²) in [6, 6.07) is 17.4. The van der Waals surface area contributed by atoms with E-state index in [4.69, 9.17) is 4.74 Å². The summed E-state index contributed by atoms with van der Waals surface area (Å²) in [5, 5.41) is 2.78. The van der Waals surface area contributed by atoms with Crippen LogP contribution in [-0.2, 0) is 18.4 Å². The molecule has 0 aliphatic rings. The molecule has 8 heteroatoms. The Morgan fingerprint density at radius 1 is 1.03 bits per heavy atom. The van der Waals surface area contributed by atoms with Gasteiger partial charge in [-0.3, -0.25) is 14.2 Å². The van der Waals surface area contributed by atoms with Crippen molar-refractivity contribution in [3.8, 4) is 11.4 Å². The highest BCUT2D eigenvalue weighted by molar-refractivity contribution is 5.91. The van der Waals surface area contributed by atoms with E-state index in [1.807, 2.05) is 6.92 Å². The van der Waals surface area contributed by atoms with Crippen molar-refractivity contribution in [1.29, 1.82) is 0 Å². The molecule has 0 unspecified atom stereocenters. The van der Waals surface area contributed by atoms with Gasteiger partial charge >= 0.3 is 5.69 Å². The SMILES string of the molecule is COc1cccc(NC(=O)Cn2c(=O)n(-c3ccccc3)c(=O)c3c2cc(C)n3C)c1. The van der Waals surface area contributed by atoms with Crippen molar-refractivity contribution < 1.29 is 9.53 Å². The zero-order chi connectivity index (χ0) is 22.1. The molecular weight excluding hydrogens is 396 g/mol. The molecule has 2 aromatic heterocycles. The van der Waals surface area contributed by atoms with E-state index in [9.17, 15) is 14.4 Å². The number of hydrogen-bond acceptors (Lipinski definition) is 4. The van der Waals surface area contributed by atoms with Crippen molar-refractivity contribution in [2.45, 2.75) is 13.5 Å². The molecule has 0 saturated carbocycles. The van der Waals surface area contributed by atoms with E-state index in [1.165, 1.54) is 4.57 Å². The standard InChI is InChI=1S/C23H22N4O4/c1-15-12-19-21(25(15)2)22(29)27(17-9-5-4-6-10-17)23(30)26(19)14-20(28)24-16-8-7-11-18(13-16)31-3/h4-13H,14H2,1-3H3,(H,24,28). The minimum absolute atomic E-state index is 0.247. The number of nitrogens with one attached hydrogen (secondary N) is 1. The lowest BCUT2D eigenvalue weighted by molar-refractivity contribution is -0.116. The van der Waals surface area contributed by atoms with Gasteiger partial charge in [-0.15, -0.1) is 0 Å². The molecule has 0 atom stereocenters. The van der Waals surface area contributed by atoms with Gasteiger partial charge in [0, 0.05) is 24.5 Å². The number of anilines is 1. The van der Waals surface area contributed by atoms with E-state index in [1.54, 1.807) is 79.4 Å². The number of rotatable bonds is 5. The number of aromatic nitrogens is 3. The van der Waals surface area contributed by atoms with E-state index in [2.05, 4.69) is 5.32 Å². The largest absolute Gasteiger partial charge is 0.497 e. The molecule has 31 heavy (non-hydrogen) atoms. The fourth-order valence-corrected chi connectivity index (χ4v) is 3.59. The number of methoxy groups -OCH3 is 1. The second-order valence-electron chi connectivity index (χ2n) is 7.20. The summed E-state index contributed by atoms with van der Waals surface area (Å²) in [6.07, 6.45) is 0. The number of benzene rings is 2. The Kier molecular flexibility index (Phi) is 5.21. The van der Waals surface area contributed by atoms with Crippen LogP contribution in [0, 0.1) is 6.92 Å². The van der Waals surface area contributed by atoms with Crippen molar-refractivity contribution in [3.05, 3.63) is 87.2 Å². The first kappa shape index (κ1) is 20.2. The zero-order valence-electron chi connectivity index (χ0n) is 17.5. The minimum Gasteiger partial charge on any atom is -0.497 e. The van der Waals surface area contributed by atoms with E-state index in [0.717, 1.165) is 10.3 Å². The summed E-state index contributed by atoms with van der Waals surface area (Å²) in [4.78, 5) is 39.3. The highest BCUT2D eigenvalue weighted by atomic mass is 16.5. The van der Waals surface area contributed by atoms with Gasteiger partial charge in [-0.25, -0.2) is 9.36 Å². The lowest BCUT2D eigenvalue weighted by atomic mass is 10.3. The second-order valence-corrected chi connectivity index (χ2v) is 7.20. The average Bonchev–Trinajstić information content (AvgIpc) is 3.06. The number of fused-ring (bicyclic) bond motifs is 1. The first-order valence-corrected chi connectivity index (χ1v) is 9.72. The van der Waals surface area contributed by atoms with E-state index in [0.29, 0.717) is 28.2 Å². The second kappa shape index (κ2) is 7.98. The minimum atomic E-state index is -0.574. The number of aryl methyl sites for hydroxylation is 2. The van der Waals surface area contributed by atoms with Crippen molar-refractivity contribution >= 4 is 22.6 Å². The average molecular weight is 418 g/mol. The normalized spacial score (nSPS) is 10.9. The predicted molar refractivity (Wildman–Crippen MR) is 119 cm³/mol. The number of carbonyl (C=O) groups is 1. The van der Waals surface area contributed by atoms with Crippen LogP contribution in [-0.4, -0.2) is 26.7 Å². The van der Waals surface area contributed by atoms with Crippen LogP contribution in [0.2, 0.25) is 0 Å². The fourth-order valence-electron chi connectivity index (χ4n) is 3.59. The van der Waals surface area contributed by atoms with Gasteiger partial charge in [-0.2, -0.15) is 0 Å². The van der Waals surface area contributed by atoms with Crippen LogP contribution in [0.4, 0.5) is 5.69 Å². The van der Waals surface area contributed by atoms with Gasteiger partial charge in [0.05, 0.1) is 18.3 Å². The van der Waals surface area contributed by atoms with Crippen LogP contribution in [0.5, 0.6) is 5.75 Å². The molecule has 1 amide bonds. The molecule has 4 aromatic rings. The number of ether oxygens (including phenoxy) is 1. The van der Waals surface area contributed by atoms with E-state index >= 15 is 0 Å². The maximum atomic E-state index is 13.3. The molecule has 8 nitrogen and oxygen atoms in total. The molecule has 0 aliphatic carbocycles.